The monoisotopic (exact) mass is 426 g/mol. The van der Waals surface area contributed by atoms with Gasteiger partial charge in [-0.2, -0.15) is 0 Å². The smallest absolute Gasteiger partial charge is 0.202 e. The molecule has 3 rings (SSSR count). The van der Waals surface area contributed by atoms with E-state index in [4.69, 9.17) is 4.63 Å². The summed E-state index contributed by atoms with van der Waals surface area (Å²) in [6, 6.07) is 4.25. The van der Waals surface area contributed by atoms with Gasteiger partial charge in [0.2, 0.25) is 5.82 Å². The highest BCUT2D eigenvalue weighted by Gasteiger charge is 2.20. The maximum absolute atomic E-state index is 13.3. The van der Waals surface area contributed by atoms with Crippen LogP contribution in [0.15, 0.2) is 32.3 Å². The van der Waals surface area contributed by atoms with Gasteiger partial charge in [-0.15, -0.1) is 0 Å². The average molecular weight is 427 g/mol. The summed E-state index contributed by atoms with van der Waals surface area (Å²) in [5.41, 5.74) is 2.68. The maximum atomic E-state index is 13.3. The number of aliphatic imine (C=N–C) groups is 1. The fraction of sp³-hybridized carbons (Fsp3) is 0.438. The second-order valence-electron chi connectivity index (χ2n) is 6.26. The van der Waals surface area contributed by atoms with Crippen molar-refractivity contribution in [2.75, 3.05) is 32.0 Å². The lowest BCUT2D eigenvalue weighted by Crippen LogP contribution is -2.33. The summed E-state index contributed by atoms with van der Waals surface area (Å²) in [5, 5.41) is 20.3. The standard InChI is InChI=1S/C16H20BrFN6O2/c1-24-6-4-10(5-7-24)9-19-15-14(22-26-23-15)16(21-25)20-11-2-3-13(18)12(17)8-11/h2-3,8,10,25H,4-7,9H2,1H3,(H,19,23)(H,20,21). The van der Waals surface area contributed by atoms with Crippen molar-refractivity contribution >= 4 is 33.3 Å². The second kappa shape index (κ2) is 8.56. The molecule has 1 aromatic heterocycles. The molecule has 0 bridgehead atoms. The van der Waals surface area contributed by atoms with E-state index in [1.807, 2.05) is 5.48 Å². The fourth-order valence-corrected chi connectivity index (χ4v) is 3.15. The molecule has 26 heavy (non-hydrogen) atoms. The number of benzene rings is 1. The molecule has 0 spiro atoms. The van der Waals surface area contributed by atoms with Gasteiger partial charge in [-0.25, -0.2) is 14.0 Å². The van der Waals surface area contributed by atoms with Crippen LogP contribution in [0.4, 0.5) is 15.9 Å². The number of halogens is 2. The third-order valence-electron chi connectivity index (χ3n) is 4.36. The Labute approximate surface area is 158 Å². The van der Waals surface area contributed by atoms with Crippen molar-refractivity contribution in [1.29, 1.82) is 0 Å². The van der Waals surface area contributed by atoms with Gasteiger partial charge in [0.25, 0.3) is 0 Å². The molecule has 0 unspecified atom stereocenters. The van der Waals surface area contributed by atoms with E-state index >= 15 is 0 Å². The molecule has 1 aliphatic heterocycles. The van der Waals surface area contributed by atoms with E-state index in [-0.39, 0.29) is 16.0 Å². The number of piperidine rings is 1. The molecular formula is C16H20BrFN6O2. The van der Waals surface area contributed by atoms with Crippen LogP contribution in [0.5, 0.6) is 0 Å². The largest absolute Gasteiger partial charge is 0.365 e. The summed E-state index contributed by atoms with van der Waals surface area (Å²) in [7, 11) is 2.12. The summed E-state index contributed by atoms with van der Waals surface area (Å²) >= 11 is 3.10. The molecule has 0 radical (unpaired) electrons. The van der Waals surface area contributed by atoms with Gasteiger partial charge in [-0.3, -0.25) is 10.7 Å². The van der Waals surface area contributed by atoms with Crippen LogP contribution in [-0.4, -0.2) is 52.9 Å². The SMILES string of the molecule is CN1CCC(CNc2nonc2C(=Nc2ccc(F)c(Br)c2)NO)CC1. The zero-order valence-electron chi connectivity index (χ0n) is 14.2. The first-order valence-corrected chi connectivity index (χ1v) is 9.05. The van der Waals surface area contributed by atoms with Gasteiger partial charge in [-0.05, 0) is 83.3 Å². The summed E-state index contributed by atoms with van der Waals surface area (Å²) in [4.78, 5) is 6.54. The maximum Gasteiger partial charge on any atom is 0.202 e. The molecule has 0 saturated carbocycles. The van der Waals surface area contributed by atoms with E-state index in [0.29, 0.717) is 17.4 Å². The average Bonchev–Trinajstić information content (AvgIpc) is 3.10. The number of hydroxylamine groups is 1. The third kappa shape index (κ3) is 4.57. The summed E-state index contributed by atoms with van der Waals surface area (Å²) in [5.74, 6) is 0.582. The molecule has 0 aliphatic carbocycles. The highest BCUT2D eigenvalue weighted by Crippen LogP contribution is 2.23. The first-order chi connectivity index (χ1) is 12.6. The van der Waals surface area contributed by atoms with Crippen LogP contribution in [0.3, 0.4) is 0 Å². The van der Waals surface area contributed by atoms with Crippen molar-refractivity contribution in [2.45, 2.75) is 12.8 Å². The molecule has 1 saturated heterocycles. The number of hydrogen-bond acceptors (Lipinski definition) is 7. The minimum absolute atomic E-state index is 0.0515. The van der Waals surface area contributed by atoms with E-state index < -0.39 is 5.82 Å². The Balaban J connectivity index is 1.72. The van der Waals surface area contributed by atoms with Crippen LogP contribution >= 0.6 is 15.9 Å². The molecule has 10 heteroatoms. The molecule has 140 valence electrons. The Hall–Kier alpha value is -2.04. The number of anilines is 1. The van der Waals surface area contributed by atoms with Crippen LogP contribution in [0.1, 0.15) is 18.5 Å². The zero-order chi connectivity index (χ0) is 18.5. The molecular weight excluding hydrogens is 407 g/mol. The van der Waals surface area contributed by atoms with Gasteiger partial charge >= 0.3 is 0 Å². The van der Waals surface area contributed by atoms with Crippen molar-refractivity contribution in [2.24, 2.45) is 10.9 Å². The van der Waals surface area contributed by atoms with Crippen LogP contribution in [0.2, 0.25) is 0 Å². The van der Waals surface area contributed by atoms with Crippen LogP contribution in [-0.2, 0) is 0 Å². The molecule has 3 N–H and O–H groups in total. The van der Waals surface area contributed by atoms with Gasteiger partial charge in [-0.1, -0.05) is 0 Å². The number of hydrogen-bond donors (Lipinski definition) is 3. The Morgan fingerprint density at radius 1 is 1.42 bits per heavy atom. The van der Waals surface area contributed by atoms with Crippen molar-refractivity contribution < 1.29 is 14.2 Å². The minimum Gasteiger partial charge on any atom is -0.365 e. The van der Waals surface area contributed by atoms with E-state index in [0.717, 1.165) is 32.5 Å². The summed E-state index contributed by atoms with van der Waals surface area (Å²) in [6.07, 6.45) is 2.21. The minimum atomic E-state index is -0.397. The molecule has 0 amide bonds. The van der Waals surface area contributed by atoms with E-state index in [1.165, 1.54) is 18.2 Å². The van der Waals surface area contributed by atoms with Gasteiger partial charge in [0, 0.05) is 6.54 Å². The Kier molecular flexibility index (Phi) is 6.17. The highest BCUT2D eigenvalue weighted by molar-refractivity contribution is 9.10. The van der Waals surface area contributed by atoms with Gasteiger partial charge in [0.15, 0.2) is 11.5 Å². The Morgan fingerprint density at radius 3 is 2.88 bits per heavy atom. The lowest BCUT2D eigenvalue weighted by molar-refractivity contribution is 0.226. The number of amidine groups is 1. The predicted octanol–water partition coefficient (Wildman–Crippen LogP) is 2.78. The number of nitrogens with zero attached hydrogens (tertiary/aromatic N) is 4. The Bertz CT molecular complexity index is 776. The summed E-state index contributed by atoms with van der Waals surface area (Å²) < 4.78 is 18.4. The van der Waals surface area contributed by atoms with Crippen LogP contribution in [0, 0.1) is 11.7 Å². The topological polar surface area (TPSA) is 98.8 Å². The van der Waals surface area contributed by atoms with E-state index in [1.54, 1.807) is 0 Å². The van der Waals surface area contributed by atoms with Crippen molar-refractivity contribution in [3.63, 3.8) is 0 Å². The number of likely N-dealkylation sites (tertiary alicyclic amines) is 1. The van der Waals surface area contributed by atoms with E-state index in [9.17, 15) is 9.60 Å². The second-order valence-corrected chi connectivity index (χ2v) is 7.11. The quantitative estimate of drug-likeness (QED) is 0.384. The number of aromatic nitrogens is 2. The normalized spacial score (nSPS) is 16.7. The molecule has 0 atom stereocenters. The predicted molar refractivity (Wildman–Crippen MR) is 98.2 cm³/mol. The molecule has 1 aromatic carbocycles. The molecule has 1 aliphatic rings. The fourth-order valence-electron chi connectivity index (χ4n) is 2.78. The molecule has 1 fully saturated rings. The zero-order valence-corrected chi connectivity index (χ0v) is 15.8. The lowest BCUT2D eigenvalue weighted by atomic mass is 9.97. The number of nitrogens with one attached hydrogen (secondary N) is 2. The molecule has 8 nitrogen and oxygen atoms in total. The van der Waals surface area contributed by atoms with Gasteiger partial charge in [0.1, 0.15) is 5.82 Å². The highest BCUT2D eigenvalue weighted by atomic mass is 79.9. The Morgan fingerprint density at radius 2 is 2.19 bits per heavy atom. The van der Waals surface area contributed by atoms with Crippen LogP contribution < -0.4 is 10.8 Å². The lowest BCUT2D eigenvalue weighted by Gasteiger charge is -2.28. The van der Waals surface area contributed by atoms with Crippen molar-refractivity contribution in [3.05, 3.63) is 34.2 Å². The van der Waals surface area contributed by atoms with Gasteiger partial charge in [0.05, 0.1) is 10.2 Å². The van der Waals surface area contributed by atoms with Gasteiger partial charge < -0.3 is 10.2 Å². The molecule has 2 aromatic rings. The number of rotatable bonds is 5. The first kappa shape index (κ1) is 18.7. The first-order valence-electron chi connectivity index (χ1n) is 8.26. The molecule has 2 heterocycles. The van der Waals surface area contributed by atoms with Crippen molar-refractivity contribution in [3.8, 4) is 0 Å². The third-order valence-corrected chi connectivity index (χ3v) is 4.97. The summed E-state index contributed by atoms with van der Waals surface area (Å²) in [6.45, 7) is 2.87. The van der Waals surface area contributed by atoms with E-state index in [2.05, 4.69) is 48.5 Å². The van der Waals surface area contributed by atoms with Crippen LogP contribution in [0.25, 0.3) is 0 Å². The van der Waals surface area contributed by atoms with Crippen molar-refractivity contribution in [1.82, 2.24) is 20.7 Å².